The van der Waals surface area contributed by atoms with Gasteiger partial charge in [0.1, 0.15) is 28.8 Å². The third-order valence-corrected chi connectivity index (χ3v) is 6.83. The molecule has 32 heavy (non-hydrogen) atoms. The lowest BCUT2D eigenvalue weighted by Crippen LogP contribution is -2.15. The standard InChI is InChI=1S/C21H20FNO7S2/c1-15-2-7-19(8-3-15)32(27,28)30-17-5-9-18(10-6-17)31(25,26)23-20-11-4-16(22)14-21(20)29-13-12-24/h2-11,14,23-24H,12-13H2,1H3. The number of nitrogens with one attached hydrogen (secondary N) is 1. The van der Waals surface area contributed by atoms with Crippen molar-refractivity contribution >= 4 is 25.8 Å². The lowest BCUT2D eigenvalue weighted by molar-refractivity contribution is 0.201. The molecule has 8 nitrogen and oxygen atoms in total. The Bertz CT molecular complexity index is 1290. The second-order valence-electron chi connectivity index (χ2n) is 6.64. The molecule has 0 radical (unpaired) electrons. The molecule has 170 valence electrons. The minimum atomic E-state index is -4.11. The van der Waals surface area contributed by atoms with E-state index in [1.54, 1.807) is 12.1 Å². The van der Waals surface area contributed by atoms with E-state index < -0.39 is 26.0 Å². The van der Waals surface area contributed by atoms with Crippen LogP contribution in [0, 0.1) is 12.7 Å². The molecular formula is C21H20FNO7S2. The summed E-state index contributed by atoms with van der Waals surface area (Å²) in [6, 6.07) is 14.0. The zero-order chi connectivity index (χ0) is 23.4. The van der Waals surface area contributed by atoms with E-state index in [1.165, 1.54) is 42.5 Å². The molecule has 0 saturated heterocycles. The van der Waals surface area contributed by atoms with Crippen molar-refractivity contribution in [3.05, 3.63) is 78.1 Å². The molecule has 0 aliphatic rings. The van der Waals surface area contributed by atoms with Gasteiger partial charge in [0.25, 0.3) is 10.0 Å². The van der Waals surface area contributed by atoms with E-state index >= 15 is 0 Å². The average molecular weight is 482 g/mol. The van der Waals surface area contributed by atoms with Crippen molar-refractivity contribution in [1.29, 1.82) is 0 Å². The first kappa shape index (κ1) is 23.5. The third kappa shape index (κ3) is 5.75. The molecule has 0 fully saturated rings. The zero-order valence-electron chi connectivity index (χ0n) is 16.9. The minimum absolute atomic E-state index is 0.0258. The predicted octanol–water partition coefficient (Wildman–Crippen LogP) is 3.07. The monoisotopic (exact) mass is 481 g/mol. The van der Waals surface area contributed by atoms with Crippen molar-refractivity contribution < 1.29 is 35.3 Å². The molecule has 0 saturated carbocycles. The molecule has 3 aromatic carbocycles. The van der Waals surface area contributed by atoms with Gasteiger partial charge in [0.15, 0.2) is 0 Å². The number of halogens is 1. The molecule has 0 spiro atoms. The van der Waals surface area contributed by atoms with Crippen LogP contribution in [0.2, 0.25) is 0 Å². The molecule has 2 N–H and O–H groups in total. The summed E-state index contributed by atoms with van der Waals surface area (Å²) in [6.45, 7) is 1.33. The van der Waals surface area contributed by atoms with Crippen molar-refractivity contribution in [3.8, 4) is 11.5 Å². The quantitative estimate of drug-likeness (QED) is 0.451. The molecule has 0 amide bonds. The van der Waals surface area contributed by atoms with Crippen LogP contribution in [0.25, 0.3) is 0 Å². The van der Waals surface area contributed by atoms with Crippen LogP contribution >= 0.6 is 0 Å². The molecule has 0 atom stereocenters. The first-order valence-electron chi connectivity index (χ1n) is 9.28. The maximum atomic E-state index is 13.5. The number of aliphatic hydroxyl groups is 1. The fraction of sp³-hybridized carbons (Fsp3) is 0.143. The Morgan fingerprint density at radius 1 is 0.906 bits per heavy atom. The number of hydrogen-bond donors (Lipinski definition) is 2. The first-order valence-corrected chi connectivity index (χ1v) is 12.2. The van der Waals surface area contributed by atoms with Crippen molar-refractivity contribution in [3.63, 3.8) is 0 Å². The van der Waals surface area contributed by atoms with Crippen LogP contribution in [0.1, 0.15) is 5.56 Å². The van der Waals surface area contributed by atoms with Crippen LogP contribution in [0.4, 0.5) is 10.1 Å². The number of aryl methyl sites for hydroxylation is 1. The van der Waals surface area contributed by atoms with Gasteiger partial charge in [0.2, 0.25) is 0 Å². The topological polar surface area (TPSA) is 119 Å². The lowest BCUT2D eigenvalue weighted by atomic mass is 10.2. The van der Waals surface area contributed by atoms with Crippen LogP contribution in [-0.4, -0.2) is 35.2 Å². The van der Waals surface area contributed by atoms with E-state index in [-0.39, 0.29) is 40.2 Å². The number of sulfonamides is 1. The predicted molar refractivity (Wildman–Crippen MR) is 115 cm³/mol. The van der Waals surface area contributed by atoms with Gasteiger partial charge in [-0.3, -0.25) is 4.72 Å². The average Bonchev–Trinajstić information content (AvgIpc) is 2.74. The summed E-state index contributed by atoms with van der Waals surface area (Å²) in [5, 5.41) is 8.88. The molecule has 0 bridgehead atoms. The fourth-order valence-corrected chi connectivity index (χ4v) is 4.61. The van der Waals surface area contributed by atoms with Crippen LogP contribution < -0.4 is 13.6 Å². The fourth-order valence-electron chi connectivity index (χ4n) is 2.61. The van der Waals surface area contributed by atoms with Crippen LogP contribution in [-0.2, 0) is 20.1 Å². The number of benzene rings is 3. The van der Waals surface area contributed by atoms with Gasteiger partial charge >= 0.3 is 10.1 Å². The second kappa shape index (κ2) is 9.55. The van der Waals surface area contributed by atoms with Crippen molar-refractivity contribution in [1.82, 2.24) is 0 Å². The summed E-state index contributed by atoms with van der Waals surface area (Å²) in [6.07, 6.45) is 0. The summed E-state index contributed by atoms with van der Waals surface area (Å²) in [5.74, 6) is -0.803. The van der Waals surface area contributed by atoms with Gasteiger partial charge in [0, 0.05) is 6.07 Å². The van der Waals surface area contributed by atoms with Gasteiger partial charge in [0.05, 0.1) is 17.2 Å². The van der Waals surface area contributed by atoms with E-state index in [2.05, 4.69) is 4.72 Å². The van der Waals surface area contributed by atoms with Crippen molar-refractivity contribution in [2.45, 2.75) is 16.7 Å². The molecule has 0 aliphatic carbocycles. The molecule has 0 heterocycles. The number of aliphatic hydroxyl groups excluding tert-OH is 1. The summed E-state index contributed by atoms with van der Waals surface area (Å²) in [7, 11) is -8.19. The normalized spacial score (nSPS) is 11.7. The number of hydrogen-bond acceptors (Lipinski definition) is 7. The molecule has 0 aromatic heterocycles. The SMILES string of the molecule is Cc1ccc(S(=O)(=O)Oc2ccc(S(=O)(=O)Nc3ccc(F)cc3OCCO)cc2)cc1. The van der Waals surface area contributed by atoms with E-state index in [4.69, 9.17) is 14.0 Å². The van der Waals surface area contributed by atoms with Crippen LogP contribution in [0.15, 0.2) is 76.5 Å². The Morgan fingerprint density at radius 2 is 1.53 bits per heavy atom. The van der Waals surface area contributed by atoms with Crippen LogP contribution in [0.5, 0.6) is 11.5 Å². The summed E-state index contributed by atoms with van der Waals surface area (Å²) in [5.41, 5.74) is 0.860. The van der Waals surface area contributed by atoms with E-state index in [9.17, 15) is 21.2 Å². The lowest BCUT2D eigenvalue weighted by Gasteiger charge is -2.14. The largest absolute Gasteiger partial charge is 0.489 e. The van der Waals surface area contributed by atoms with Gasteiger partial charge < -0.3 is 14.0 Å². The maximum absolute atomic E-state index is 13.5. The van der Waals surface area contributed by atoms with Crippen molar-refractivity contribution in [2.75, 3.05) is 17.9 Å². The van der Waals surface area contributed by atoms with Gasteiger partial charge in [-0.1, -0.05) is 17.7 Å². The zero-order valence-corrected chi connectivity index (χ0v) is 18.5. The summed E-state index contributed by atoms with van der Waals surface area (Å²) < 4.78 is 76.1. The number of rotatable bonds is 9. The molecule has 3 rings (SSSR count). The molecule has 3 aromatic rings. The van der Waals surface area contributed by atoms with Gasteiger partial charge in [-0.25, -0.2) is 12.8 Å². The Morgan fingerprint density at radius 3 is 2.16 bits per heavy atom. The smallest absolute Gasteiger partial charge is 0.339 e. The Labute approximate surface area is 185 Å². The van der Waals surface area contributed by atoms with Gasteiger partial charge in [-0.2, -0.15) is 8.42 Å². The third-order valence-electron chi connectivity index (χ3n) is 4.19. The van der Waals surface area contributed by atoms with Gasteiger partial charge in [-0.15, -0.1) is 0 Å². The highest BCUT2D eigenvalue weighted by Gasteiger charge is 2.20. The van der Waals surface area contributed by atoms with E-state index in [0.29, 0.717) is 0 Å². The van der Waals surface area contributed by atoms with Crippen molar-refractivity contribution in [2.24, 2.45) is 0 Å². The van der Waals surface area contributed by atoms with Crippen LogP contribution in [0.3, 0.4) is 0 Å². The highest BCUT2D eigenvalue weighted by atomic mass is 32.2. The number of ether oxygens (including phenoxy) is 1. The summed E-state index contributed by atoms with van der Waals surface area (Å²) >= 11 is 0. The maximum Gasteiger partial charge on any atom is 0.339 e. The molecular weight excluding hydrogens is 461 g/mol. The Kier molecular flexibility index (Phi) is 7.02. The highest BCUT2D eigenvalue weighted by molar-refractivity contribution is 7.92. The number of anilines is 1. The van der Waals surface area contributed by atoms with Gasteiger partial charge in [-0.05, 0) is 55.5 Å². The van der Waals surface area contributed by atoms with E-state index in [1.807, 2.05) is 6.92 Å². The first-order chi connectivity index (χ1) is 15.1. The molecule has 0 unspecified atom stereocenters. The summed E-state index contributed by atoms with van der Waals surface area (Å²) in [4.78, 5) is -0.219. The highest BCUT2D eigenvalue weighted by Crippen LogP contribution is 2.29. The Hall–Kier alpha value is -3.15. The second-order valence-corrected chi connectivity index (χ2v) is 9.87. The minimum Gasteiger partial charge on any atom is -0.489 e. The molecule has 0 aliphatic heterocycles. The Balaban J connectivity index is 1.79. The van der Waals surface area contributed by atoms with E-state index in [0.717, 1.165) is 17.7 Å². The molecule has 11 heteroatoms.